The molecule has 0 fully saturated rings. The van der Waals surface area contributed by atoms with E-state index < -0.39 is 0 Å². The summed E-state index contributed by atoms with van der Waals surface area (Å²) in [6.07, 6.45) is 3.67. The lowest BCUT2D eigenvalue weighted by Gasteiger charge is -2.03. The smallest absolute Gasteiger partial charge is 0.177 e. The Morgan fingerprint density at radius 3 is 3.29 bits per heavy atom. The second-order valence-corrected chi connectivity index (χ2v) is 3.76. The molecule has 2 heterocycles. The van der Waals surface area contributed by atoms with E-state index in [9.17, 15) is 0 Å². The Morgan fingerprint density at radius 1 is 1.50 bits per heavy atom. The summed E-state index contributed by atoms with van der Waals surface area (Å²) in [5.74, 6) is 1.92. The van der Waals surface area contributed by atoms with E-state index in [1.807, 2.05) is 12.1 Å². The van der Waals surface area contributed by atoms with Crippen molar-refractivity contribution in [3.05, 3.63) is 18.5 Å². The zero-order chi connectivity index (χ0) is 9.80. The zero-order valence-electron chi connectivity index (χ0n) is 7.84. The average Bonchev–Trinajstić information content (AvgIpc) is 2.65. The highest BCUT2D eigenvalue weighted by Gasteiger charge is 1.97. The Bertz CT molecular complexity index is 413. The summed E-state index contributed by atoms with van der Waals surface area (Å²) in [5.41, 5.74) is 0.764. The van der Waals surface area contributed by atoms with Gasteiger partial charge in [0.25, 0.3) is 0 Å². The van der Waals surface area contributed by atoms with Gasteiger partial charge in [0.15, 0.2) is 5.65 Å². The summed E-state index contributed by atoms with van der Waals surface area (Å²) in [7, 11) is 0. The standard InChI is InChI=1S/C8H11N5S/c1-14-5-4-9-7-2-3-8-11-10-6-13(8)12-7/h2-3,6H,4-5H2,1H3,(H,9,12). The summed E-state index contributed by atoms with van der Waals surface area (Å²) < 4.78 is 1.65. The van der Waals surface area contributed by atoms with Crippen molar-refractivity contribution in [3.63, 3.8) is 0 Å². The molecule has 2 rings (SSSR count). The van der Waals surface area contributed by atoms with Crippen LogP contribution in [0.25, 0.3) is 5.65 Å². The van der Waals surface area contributed by atoms with E-state index in [0.29, 0.717) is 0 Å². The van der Waals surface area contributed by atoms with Gasteiger partial charge >= 0.3 is 0 Å². The molecule has 74 valence electrons. The molecule has 0 aliphatic heterocycles. The van der Waals surface area contributed by atoms with Gasteiger partial charge in [-0.25, -0.2) is 0 Å². The zero-order valence-corrected chi connectivity index (χ0v) is 8.66. The highest BCUT2D eigenvalue weighted by atomic mass is 32.2. The largest absolute Gasteiger partial charge is 0.368 e. The summed E-state index contributed by atoms with van der Waals surface area (Å²) >= 11 is 1.80. The molecule has 0 saturated heterocycles. The molecular formula is C8H11N5S. The van der Waals surface area contributed by atoms with E-state index in [4.69, 9.17) is 0 Å². The van der Waals surface area contributed by atoms with E-state index >= 15 is 0 Å². The number of nitrogens with one attached hydrogen (secondary N) is 1. The van der Waals surface area contributed by atoms with Gasteiger partial charge in [0.05, 0.1) is 0 Å². The third-order valence-electron chi connectivity index (χ3n) is 1.77. The van der Waals surface area contributed by atoms with Gasteiger partial charge < -0.3 is 5.32 Å². The number of nitrogens with zero attached hydrogens (tertiary/aromatic N) is 4. The molecule has 2 aromatic heterocycles. The molecule has 0 bridgehead atoms. The maximum absolute atomic E-state index is 4.28. The summed E-state index contributed by atoms with van der Waals surface area (Å²) in [5, 5.41) is 15.1. The average molecular weight is 209 g/mol. The van der Waals surface area contributed by atoms with E-state index in [1.165, 1.54) is 0 Å². The lowest BCUT2D eigenvalue weighted by molar-refractivity contribution is 0.922. The fourth-order valence-corrected chi connectivity index (χ4v) is 1.41. The summed E-state index contributed by atoms with van der Waals surface area (Å²) in [6.45, 7) is 0.918. The normalized spacial score (nSPS) is 10.6. The van der Waals surface area contributed by atoms with Crippen LogP contribution >= 0.6 is 11.8 Å². The van der Waals surface area contributed by atoms with E-state index in [-0.39, 0.29) is 0 Å². The molecule has 14 heavy (non-hydrogen) atoms. The maximum Gasteiger partial charge on any atom is 0.177 e. The number of fused-ring (bicyclic) bond motifs is 1. The second-order valence-electron chi connectivity index (χ2n) is 2.77. The van der Waals surface area contributed by atoms with Crippen molar-refractivity contribution in [2.45, 2.75) is 0 Å². The molecule has 0 aromatic carbocycles. The third-order valence-corrected chi connectivity index (χ3v) is 2.39. The lowest BCUT2D eigenvalue weighted by atomic mass is 10.5. The van der Waals surface area contributed by atoms with Crippen molar-refractivity contribution in [2.24, 2.45) is 0 Å². The molecule has 0 atom stereocenters. The van der Waals surface area contributed by atoms with E-state index in [1.54, 1.807) is 22.6 Å². The van der Waals surface area contributed by atoms with Crippen LogP contribution in [0.1, 0.15) is 0 Å². The topological polar surface area (TPSA) is 55.1 Å². The molecule has 5 nitrogen and oxygen atoms in total. The summed E-state index contributed by atoms with van der Waals surface area (Å²) in [4.78, 5) is 0. The lowest BCUT2D eigenvalue weighted by Crippen LogP contribution is -2.06. The summed E-state index contributed by atoms with van der Waals surface area (Å²) in [6, 6.07) is 3.80. The van der Waals surface area contributed by atoms with Gasteiger partial charge in [-0.3, -0.25) is 0 Å². The van der Waals surface area contributed by atoms with Crippen LogP contribution in [0.3, 0.4) is 0 Å². The Morgan fingerprint density at radius 2 is 2.43 bits per heavy atom. The van der Waals surface area contributed by atoms with Crippen molar-refractivity contribution in [2.75, 3.05) is 23.9 Å². The number of aromatic nitrogens is 4. The number of thioether (sulfide) groups is 1. The molecule has 0 aliphatic carbocycles. The van der Waals surface area contributed by atoms with Crippen LogP contribution < -0.4 is 5.32 Å². The number of anilines is 1. The molecule has 0 saturated carbocycles. The molecule has 1 N–H and O–H groups in total. The van der Waals surface area contributed by atoms with Gasteiger partial charge in [-0.2, -0.15) is 16.3 Å². The van der Waals surface area contributed by atoms with Gasteiger partial charge in [0.1, 0.15) is 12.1 Å². The molecule has 2 aromatic rings. The molecule has 0 spiro atoms. The number of hydrogen-bond acceptors (Lipinski definition) is 5. The first kappa shape index (κ1) is 9.26. The first-order valence-electron chi connectivity index (χ1n) is 4.30. The van der Waals surface area contributed by atoms with Crippen molar-refractivity contribution < 1.29 is 0 Å². The van der Waals surface area contributed by atoms with Gasteiger partial charge in [0.2, 0.25) is 0 Å². The third kappa shape index (κ3) is 1.95. The minimum atomic E-state index is 0.764. The van der Waals surface area contributed by atoms with Gasteiger partial charge in [-0.15, -0.1) is 15.3 Å². The Hall–Kier alpha value is -1.30. The fraction of sp³-hybridized carbons (Fsp3) is 0.375. The van der Waals surface area contributed by atoms with Crippen LogP contribution in [-0.2, 0) is 0 Å². The molecule has 6 heteroatoms. The Kier molecular flexibility index (Phi) is 2.83. The van der Waals surface area contributed by atoms with E-state index in [2.05, 4.69) is 26.9 Å². The molecule has 0 amide bonds. The highest BCUT2D eigenvalue weighted by Crippen LogP contribution is 2.04. The first-order chi connectivity index (χ1) is 6.90. The fourth-order valence-electron chi connectivity index (χ4n) is 1.10. The van der Waals surface area contributed by atoms with Gasteiger partial charge in [-0.1, -0.05) is 0 Å². The predicted molar refractivity (Wildman–Crippen MR) is 57.7 cm³/mol. The predicted octanol–water partition coefficient (Wildman–Crippen LogP) is 0.899. The van der Waals surface area contributed by atoms with Crippen LogP contribution in [0.15, 0.2) is 18.5 Å². The Balaban J connectivity index is 2.10. The van der Waals surface area contributed by atoms with Crippen LogP contribution in [0.4, 0.5) is 5.82 Å². The van der Waals surface area contributed by atoms with Crippen LogP contribution in [0, 0.1) is 0 Å². The van der Waals surface area contributed by atoms with Crippen LogP contribution in [-0.4, -0.2) is 38.4 Å². The second kappa shape index (κ2) is 4.28. The minimum Gasteiger partial charge on any atom is -0.368 e. The minimum absolute atomic E-state index is 0.764. The molecule has 0 aliphatic rings. The molecule has 0 radical (unpaired) electrons. The molecular weight excluding hydrogens is 198 g/mol. The SMILES string of the molecule is CSCCNc1ccc2nncn2n1. The van der Waals surface area contributed by atoms with E-state index in [0.717, 1.165) is 23.8 Å². The van der Waals surface area contributed by atoms with Gasteiger partial charge in [-0.05, 0) is 18.4 Å². The monoisotopic (exact) mass is 209 g/mol. The Labute approximate surface area is 85.9 Å². The van der Waals surface area contributed by atoms with Crippen LogP contribution in [0.5, 0.6) is 0 Å². The quantitative estimate of drug-likeness (QED) is 0.758. The van der Waals surface area contributed by atoms with Crippen molar-refractivity contribution in [3.8, 4) is 0 Å². The maximum atomic E-state index is 4.28. The molecule has 0 unspecified atom stereocenters. The number of hydrogen-bond donors (Lipinski definition) is 1. The first-order valence-corrected chi connectivity index (χ1v) is 5.69. The van der Waals surface area contributed by atoms with Crippen molar-refractivity contribution in [1.29, 1.82) is 0 Å². The number of rotatable bonds is 4. The van der Waals surface area contributed by atoms with Gasteiger partial charge in [0, 0.05) is 12.3 Å². The van der Waals surface area contributed by atoms with Crippen molar-refractivity contribution in [1.82, 2.24) is 19.8 Å². The highest BCUT2D eigenvalue weighted by molar-refractivity contribution is 7.98. The van der Waals surface area contributed by atoms with Crippen LogP contribution in [0.2, 0.25) is 0 Å². The van der Waals surface area contributed by atoms with Crippen molar-refractivity contribution >= 4 is 23.2 Å².